The van der Waals surface area contributed by atoms with Crippen LogP contribution in [0.5, 0.6) is 0 Å². The maximum atomic E-state index is 11.7. The molecule has 1 aliphatic carbocycles. The van der Waals surface area contributed by atoms with Crippen LogP contribution in [-0.2, 0) is 4.74 Å². The Morgan fingerprint density at radius 3 is 3.00 bits per heavy atom. The number of ether oxygens (including phenoxy) is 1. The SMILES string of the molecule is C#Cc1cccnc1N1CC2(CC2)OC1=O. The van der Waals surface area contributed by atoms with E-state index in [4.69, 9.17) is 11.2 Å². The number of hydrogen-bond donors (Lipinski definition) is 0. The summed E-state index contributed by atoms with van der Waals surface area (Å²) in [7, 11) is 0. The van der Waals surface area contributed by atoms with Crippen molar-refractivity contribution in [2.75, 3.05) is 11.4 Å². The van der Waals surface area contributed by atoms with Gasteiger partial charge in [-0.1, -0.05) is 5.92 Å². The van der Waals surface area contributed by atoms with E-state index in [1.165, 1.54) is 4.90 Å². The zero-order valence-electron chi connectivity index (χ0n) is 8.64. The van der Waals surface area contributed by atoms with Crippen molar-refractivity contribution in [1.82, 2.24) is 4.98 Å². The monoisotopic (exact) mass is 214 g/mol. The van der Waals surface area contributed by atoms with E-state index in [0.29, 0.717) is 17.9 Å². The highest BCUT2D eigenvalue weighted by atomic mass is 16.6. The van der Waals surface area contributed by atoms with Crippen LogP contribution in [0.25, 0.3) is 0 Å². The van der Waals surface area contributed by atoms with Crippen LogP contribution in [0.15, 0.2) is 18.3 Å². The molecule has 0 unspecified atom stereocenters. The van der Waals surface area contributed by atoms with Crippen molar-refractivity contribution in [3.05, 3.63) is 23.9 Å². The number of carbonyl (C=O) groups is 1. The molecule has 0 bridgehead atoms. The van der Waals surface area contributed by atoms with Crippen molar-refractivity contribution in [2.24, 2.45) is 0 Å². The summed E-state index contributed by atoms with van der Waals surface area (Å²) in [6, 6.07) is 3.53. The van der Waals surface area contributed by atoms with Crippen molar-refractivity contribution in [1.29, 1.82) is 0 Å². The number of hydrogen-bond acceptors (Lipinski definition) is 3. The first-order valence-corrected chi connectivity index (χ1v) is 5.16. The summed E-state index contributed by atoms with van der Waals surface area (Å²) in [5.41, 5.74) is 0.373. The number of rotatable bonds is 1. The number of pyridine rings is 1. The fraction of sp³-hybridized carbons (Fsp3) is 0.333. The molecule has 2 heterocycles. The molecule has 1 aromatic heterocycles. The number of carbonyl (C=O) groups excluding carboxylic acids is 1. The highest BCUT2D eigenvalue weighted by Crippen LogP contribution is 2.45. The Kier molecular flexibility index (Phi) is 1.72. The molecule has 1 aromatic rings. The van der Waals surface area contributed by atoms with Gasteiger partial charge in [0.05, 0.1) is 12.1 Å². The van der Waals surface area contributed by atoms with E-state index < -0.39 is 0 Å². The topological polar surface area (TPSA) is 42.4 Å². The third kappa shape index (κ3) is 1.25. The maximum Gasteiger partial charge on any atom is 0.416 e. The molecule has 4 nitrogen and oxygen atoms in total. The molecular weight excluding hydrogens is 204 g/mol. The van der Waals surface area contributed by atoms with Crippen LogP contribution in [0.1, 0.15) is 18.4 Å². The molecule has 1 aliphatic heterocycles. The van der Waals surface area contributed by atoms with E-state index in [9.17, 15) is 4.79 Å². The molecule has 2 fully saturated rings. The van der Waals surface area contributed by atoms with Gasteiger partial charge in [0.25, 0.3) is 0 Å². The van der Waals surface area contributed by atoms with Gasteiger partial charge in [-0.3, -0.25) is 4.90 Å². The Labute approximate surface area is 93.2 Å². The van der Waals surface area contributed by atoms with Gasteiger partial charge in [0.15, 0.2) is 5.82 Å². The summed E-state index contributed by atoms with van der Waals surface area (Å²) in [6.45, 7) is 0.567. The Hall–Kier alpha value is -2.02. The van der Waals surface area contributed by atoms with Crippen LogP contribution < -0.4 is 4.90 Å². The zero-order valence-corrected chi connectivity index (χ0v) is 8.64. The second-order valence-corrected chi connectivity index (χ2v) is 4.16. The second kappa shape index (κ2) is 2.99. The summed E-state index contributed by atoms with van der Waals surface area (Å²) < 4.78 is 5.30. The Bertz CT molecular complexity index is 500. The second-order valence-electron chi connectivity index (χ2n) is 4.16. The van der Waals surface area contributed by atoms with Crippen molar-refractivity contribution < 1.29 is 9.53 Å². The number of terminal acetylenes is 1. The normalized spacial score (nSPS) is 20.7. The molecule has 1 amide bonds. The van der Waals surface area contributed by atoms with Crippen LogP contribution in [0, 0.1) is 12.3 Å². The lowest BCUT2D eigenvalue weighted by Gasteiger charge is -2.12. The lowest BCUT2D eigenvalue weighted by atomic mass is 10.2. The van der Waals surface area contributed by atoms with Gasteiger partial charge in [-0.15, -0.1) is 6.42 Å². The van der Waals surface area contributed by atoms with E-state index >= 15 is 0 Å². The number of aromatic nitrogens is 1. The molecule has 0 atom stereocenters. The first kappa shape index (κ1) is 9.22. The minimum Gasteiger partial charge on any atom is -0.441 e. The molecule has 1 spiro atoms. The minimum absolute atomic E-state index is 0.250. The van der Waals surface area contributed by atoms with Crippen LogP contribution in [0.2, 0.25) is 0 Å². The number of nitrogens with zero attached hydrogens (tertiary/aromatic N) is 2. The molecular formula is C12H10N2O2. The van der Waals surface area contributed by atoms with E-state index in [1.54, 1.807) is 18.3 Å². The first-order valence-electron chi connectivity index (χ1n) is 5.16. The largest absolute Gasteiger partial charge is 0.441 e. The van der Waals surface area contributed by atoms with Crippen molar-refractivity contribution >= 4 is 11.9 Å². The lowest BCUT2D eigenvalue weighted by molar-refractivity contribution is 0.129. The van der Waals surface area contributed by atoms with Gasteiger partial charge < -0.3 is 4.74 Å². The molecule has 1 saturated heterocycles. The number of amides is 1. The van der Waals surface area contributed by atoms with E-state index in [-0.39, 0.29) is 11.7 Å². The first-order chi connectivity index (χ1) is 7.74. The molecule has 1 saturated carbocycles. The summed E-state index contributed by atoms with van der Waals surface area (Å²) in [4.78, 5) is 17.4. The zero-order chi connectivity index (χ0) is 11.2. The van der Waals surface area contributed by atoms with Gasteiger partial charge in [0.1, 0.15) is 5.60 Å². The molecule has 3 rings (SSSR count). The van der Waals surface area contributed by atoms with Crippen LogP contribution in [0.4, 0.5) is 10.6 Å². The standard InChI is InChI=1S/C12H10N2O2/c1-2-9-4-3-7-13-10(9)14-8-12(5-6-12)16-11(14)15/h1,3-4,7H,5-6,8H2. The molecule has 2 aliphatic rings. The van der Waals surface area contributed by atoms with Crippen LogP contribution >= 0.6 is 0 Å². The molecule has 0 N–H and O–H groups in total. The fourth-order valence-electron chi connectivity index (χ4n) is 1.91. The highest BCUT2D eigenvalue weighted by Gasteiger charge is 2.55. The quantitative estimate of drug-likeness (QED) is 0.666. The maximum absolute atomic E-state index is 11.7. The molecule has 80 valence electrons. The van der Waals surface area contributed by atoms with Crippen molar-refractivity contribution in [3.63, 3.8) is 0 Å². The minimum atomic E-state index is -0.340. The molecule has 4 heteroatoms. The third-order valence-electron chi connectivity index (χ3n) is 2.98. The average Bonchev–Trinajstić information content (AvgIpc) is 2.97. The lowest BCUT2D eigenvalue weighted by Crippen LogP contribution is -2.26. The average molecular weight is 214 g/mol. The smallest absolute Gasteiger partial charge is 0.416 e. The summed E-state index contributed by atoms with van der Waals surface area (Å²) in [5, 5.41) is 0. The summed E-state index contributed by atoms with van der Waals surface area (Å²) in [5.74, 6) is 3.06. The van der Waals surface area contributed by atoms with Crippen molar-refractivity contribution in [3.8, 4) is 12.3 Å². The number of anilines is 1. The van der Waals surface area contributed by atoms with Gasteiger partial charge in [-0.2, -0.15) is 0 Å². The Balaban J connectivity index is 1.98. The van der Waals surface area contributed by atoms with Crippen LogP contribution in [-0.4, -0.2) is 23.2 Å². The van der Waals surface area contributed by atoms with E-state index in [1.807, 2.05) is 0 Å². The predicted octanol–water partition coefficient (Wildman–Crippen LogP) is 1.55. The van der Waals surface area contributed by atoms with E-state index in [2.05, 4.69) is 10.9 Å². The van der Waals surface area contributed by atoms with Crippen LogP contribution in [0.3, 0.4) is 0 Å². The van der Waals surface area contributed by atoms with E-state index in [0.717, 1.165) is 12.8 Å². The highest BCUT2D eigenvalue weighted by molar-refractivity contribution is 5.91. The fourth-order valence-corrected chi connectivity index (χ4v) is 1.91. The summed E-state index contributed by atoms with van der Waals surface area (Å²) >= 11 is 0. The van der Waals surface area contributed by atoms with Gasteiger partial charge in [-0.25, -0.2) is 9.78 Å². The van der Waals surface area contributed by atoms with Gasteiger partial charge in [-0.05, 0) is 25.0 Å². The van der Waals surface area contributed by atoms with Gasteiger partial charge in [0.2, 0.25) is 0 Å². The van der Waals surface area contributed by atoms with Gasteiger partial charge in [0, 0.05) is 6.20 Å². The van der Waals surface area contributed by atoms with Gasteiger partial charge >= 0.3 is 6.09 Å². The van der Waals surface area contributed by atoms with Crippen molar-refractivity contribution in [2.45, 2.75) is 18.4 Å². The Morgan fingerprint density at radius 1 is 1.56 bits per heavy atom. The Morgan fingerprint density at radius 2 is 2.38 bits per heavy atom. The summed E-state index contributed by atoms with van der Waals surface area (Å²) in [6.07, 6.45) is 8.54. The third-order valence-corrected chi connectivity index (χ3v) is 2.98. The molecule has 0 aromatic carbocycles. The molecule has 16 heavy (non-hydrogen) atoms. The predicted molar refractivity (Wildman–Crippen MR) is 58.0 cm³/mol. The molecule has 0 radical (unpaired) electrons.